The number of unbranched alkanes of at least 4 members (excludes halogenated alkanes) is 1. The van der Waals surface area contributed by atoms with Crippen molar-refractivity contribution in [3.05, 3.63) is 18.2 Å². The molecule has 1 aromatic heterocycles. The Morgan fingerprint density at radius 2 is 1.34 bits per heavy atom. The van der Waals surface area contributed by atoms with E-state index in [0.717, 1.165) is 0 Å². The maximum absolute atomic E-state index is 13.9. The molecule has 68 heavy (non-hydrogen) atoms. The molecule has 1 aliphatic heterocycles. The van der Waals surface area contributed by atoms with Crippen molar-refractivity contribution in [1.82, 2.24) is 57.4 Å². The highest BCUT2D eigenvalue weighted by Crippen LogP contribution is 2.20. The maximum atomic E-state index is 13.9. The normalized spacial score (nSPS) is 16.8. The Balaban J connectivity index is 2.21. The molecule has 0 radical (unpaired) electrons. The minimum atomic E-state index is -1.41. The van der Waals surface area contributed by atoms with Crippen LogP contribution in [0.25, 0.3) is 0 Å². The number of imidazole rings is 1. The Morgan fingerprint density at radius 3 is 1.87 bits per heavy atom. The smallest absolute Gasteiger partial charge is 0.246 e. The summed E-state index contributed by atoms with van der Waals surface area (Å²) in [6, 6.07) is -11.6. The predicted octanol–water partition coefficient (Wildman–Crippen LogP) is -7.11. The van der Waals surface area contributed by atoms with Crippen LogP contribution in [0.4, 0.5) is 0 Å². The fourth-order valence-corrected chi connectivity index (χ4v) is 7.07. The molecule has 9 unspecified atom stereocenters. The standard InChI is InChI=1S/C40H67N15O12S/c1-19(2)31(54-35(62)23(8-5-6-10-41)50-38(65)28-9-7-11-55(28)40(67)25(13-29(43)57)49-30(58)14-42)39(66)48-21(4)33(60)51-24(12-22-15-45-18-46-22)36(63)53-27(17-68)37(64)47-20(3)34(61)52-26(16-56)32(44)59/h15,18-21,23-28,31,56,68H,5-14,16-17,41-42H2,1-4H3,(H2,43,57)(H2,44,59)(H,45,46)(H,47,64)(H,48,66)(H,49,58)(H,50,65)(H,51,60)(H,52,61)(H,53,63)(H,54,62). The third-order valence-corrected chi connectivity index (χ3v) is 11.0. The minimum Gasteiger partial charge on any atom is -0.394 e. The van der Waals surface area contributed by atoms with Crippen LogP contribution in [0.2, 0.25) is 0 Å². The summed E-state index contributed by atoms with van der Waals surface area (Å²) >= 11 is 4.15. The van der Waals surface area contributed by atoms with E-state index in [9.17, 15) is 57.8 Å². The number of hydrogen-bond donors (Lipinski definition) is 15. The van der Waals surface area contributed by atoms with Gasteiger partial charge in [-0.05, 0) is 58.4 Å². The first-order chi connectivity index (χ1) is 32.1. The van der Waals surface area contributed by atoms with Crippen LogP contribution in [0, 0.1) is 5.92 Å². The molecule has 1 aliphatic rings. The van der Waals surface area contributed by atoms with Gasteiger partial charge >= 0.3 is 0 Å². The lowest BCUT2D eigenvalue weighted by Crippen LogP contribution is -2.61. The highest BCUT2D eigenvalue weighted by Gasteiger charge is 2.40. The maximum Gasteiger partial charge on any atom is 0.246 e. The summed E-state index contributed by atoms with van der Waals surface area (Å²) in [7, 11) is 0. The molecule has 28 heteroatoms. The number of primary amides is 2. The molecule has 1 aromatic rings. The van der Waals surface area contributed by atoms with Crippen molar-refractivity contribution in [3.63, 3.8) is 0 Å². The number of nitrogens with two attached hydrogens (primary N) is 4. The molecule has 0 aliphatic carbocycles. The molecule has 11 amide bonds. The number of carbonyl (C=O) groups excluding carboxylic acids is 11. The molecule has 2 heterocycles. The second-order valence-corrected chi connectivity index (χ2v) is 16.8. The molecule has 0 bridgehead atoms. The molecule has 1 fully saturated rings. The van der Waals surface area contributed by atoms with Crippen LogP contribution in [-0.4, -0.2) is 171 Å². The number of aliphatic hydroxyl groups is 1. The molecule has 0 aromatic carbocycles. The Bertz CT molecular complexity index is 1940. The number of carbonyl (C=O) groups is 11. The number of aromatic nitrogens is 2. The summed E-state index contributed by atoms with van der Waals surface area (Å²) in [6.45, 7) is 5.00. The molecule has 2 rings (SSSR count). The lowest BCUT2D eigenvalue weighted by atomic mass is 10.0. The van der Waals surface area contributed by atoms with E-state index in [1.165, 1.54) is 31.3 Å². The lowest BCUT2D eigenvalue weighted by molar-refractivity contribution is -0.143. The van der Waals surface area contributed by atoms with Crippen LogP contribution in [0.15, 0.2) is 12.5 Å². The Labute approximate surface area is 398 Å². The summed E-state index contributed by atoms with van der Waals surface area (Å²) in [5, 5.41) is 29.1. The van der Waals surface area contributed by atoms with Crippen molar-refractivity contribution in [2.24, 2.45) is 28.9 Å². The Morgan fingerprint density at radius 1 is 0.750 bits per heavy atom. The molecule has 9 atom stereocenters. The largest absolute Gasteiger partial charge is 0.394 e. The third kappa shape index (κ3) is 18.4. The molecule has 380 valence electrons. The van der Waals surface area contributed by atoms with Gasteiger partial charge in [0.15, 0.2) is 0 Å². The van der Waals surface area contributed by atoms with Gasteiger partial charge in [-0.2, -0.15) is 12.6 Å². The summed E-state index contributed by atoms with van der Waals surface area (Å²) in [6.07, 6.45) is 3.56. The van der Waals surface area contributed by atoms with Gasteiger partial charge in [0.05, 0.1) is 25.9 Å². The van der Waals surface area contributed by atoms with Gasteiger partial charge in [-0.25, -0.2) is 4.98 Å². The number of amides is 11. The molecule has 27 nitrogen and oxygen atoms in total. The van der Waals surface area contributed by atoms with E-state index in [4.69, 9.17) is 22.9 Å². The zero-order chi connectivity index (χ0) is 51.2. The van der Waals surface area contributed by atoms with Gasteiger partial charge in [-0.3, -0.25) is 52.7 Å². The van der Waals surface area contributed by atoms with Crippen LogP contribution in [0.3, 0.4) is 0 Å². The molecule has 0 spiro atoms. The van der Waals surface area contributed by atoms with E-state index in [1.807, 2.05) is 0 Å². The zero-order valence-electron chi connectivity index (χ0n) is 38.5. The topological polar surface area (TPSA) is 440 Å². The quantitative estimate of drug-likeness (QED) is 0.0262. The second kappa shape index (κ2) is 28.7. The van der Waals surface area contributed by atoms with E-state index in [-0.39, 0.29) is 38.1 Å². The summed E-state index contributed by atoms with van der Waals surface area (Å²) in [5.41, 5.74) is 21.9. The van der Waals surface area contributed by atoms with Gasteiger partial charge < -0.3 is 80.5 Å². The average molecular weight is 982 g/mol. The molecular formula is C40H67N15O12S. The van der Waals surface area contributed by atoms with Crippen molar-refractivity contribution in [2.45, 2.75) is 127 Å². The van der Waals surface area contributed by atoms with Crippen molar-refractivity contribution in [3.8, 4) is 0 Å². The van der Waals surface area contributed by atoms with Crippen molar-refractivity contribution < 1.29 is 57.8 Å². The van der Waals surface area contributed by atoms with Crippen LogP contribution in [0.5, 0.6) is 0 Å². The fourth-order valence-electron chi connectivity index (χ4n) is 6.82. The summed E-state index contributed by atoms with van der Waals surface area (Å²) in [4.78, 5) is 151. The number of thiol groups is 1. The van der Waals surface area contributed by atoms with Gasteiger partial charge in [0.1, 0.15) is 54.4 Å². The molecule has 18 N–H and O–H groups in total. The van der Waals surface area contributed by atoms with Gasteiger partial charge in [0, 0.05) is 30.6 Å². The summed E-state index contributed by atoms with van der Waals surface area (Å²) < 4.78 is 0. The van der Waals surface area contributed by atoms with Crippen molar-refractivity contribution >= 4 is 77.6 Å². The first-order valence-corrected chi connectivity index (χ1v) is 22.6. The Kier molecular flexibility index (Phi) is 24.4. The van der Waals surface area contributed by atoms with Crippen LogP contribution in [0.1, 0.15) is 71.9 Å². The lowest BCUT2D eigenvalue weighted by Gasteiger charge is -2.30. The monoisotopic (exact) mass is 981 g/mol. The van der Waals surface area contributed by atoms with E-state index >= 15 is 0 Å². The molecule has 1 saturated heterocycles. The number of nitrogens with one attached hydrogen (secondary N) is 9. The highest BCUT2D eigenvalue weighted by atomic mass is 32.1. The number of rotatable bonds is 29. The molecule has 0 saturated carbocycles. The van der Waals surface area contributed by atoms with Gasteiger partial charge in [0.2, 0.25) is 65.0 Å². The van der Waals surface area contributed by atoms with E-state index in [0.29, 0.717) is 25.0 Å². The van der Waals surface area contributed by atoms with Crippen LogP contribution < -0.4 is 65.5 Å². The second-order valence-electron chi connectivity index (χ2n) is 16.5. The van der Waals surface area contributed by atoms with Gasteiger partial charge in [0.25, 0.3) is 0 Å². The number of hydrogen-bond acceptors (Lipinski definition) is 16. The zero-order valence-corrected chi connectivity index (χ0v) is 39.4. The number of likely N-dealkylation sites (tertiary alicyclic amines) is 1. The van der Waals surface area contributed by atoms with Crippen LogP contribution >= 0.6 is 12.6 Å². The van der Waals surface area contributed by atoms with Crippen molar-refractivity contribution in [2.75, 3.05) is 32.0 Å². The van der Waals surface area contributed by atoms with E-state index < -0.39 is 145 Å². The highest BCUT2D eigenvalue weighted by molar-refractivity contribution is 7.80. The SMILES string of the molecule is CC(NC(=O)C(CS)NC(=O)C(Cc1cnc[nH]1)NC(=O)C(C)NC(=O)C(NC(=O)C(CCCCN)NC(=O)C1CCCN1C(=O)C(CC(N)=O)NC(=O)CN)C(C)C)C(=O)NC(CO)C(N)=O. The average Bonchev–Trinajstić information content (AvgIpc) is 4.00. The Hall–Kier alpha value is -6.39. The fraction of sp³-hybridized carbons (Fsp3) is 0.650. The number of H-pyrrole nitrogens is 1. The van der Waals surface area contributed by atoms with E-state index in [1.54, 1.807) is 13.8 Å². The number of aromatic amines is 1. The number of nitrogens with zero attached hydrogens (tertiary/aromatic N) is 2. The first kappa shape index (κ1) is 57.7. The van der Waals surface area contributed by atoms with E-state index in [2.05, 4.69) is 65.1 Å². The number of aliphatic hydroxyl groups excluding tert-OH is 1. The van der Waals surface area contributed by atoms with Crippen molar-refractivity contribution in [1.29, 1.82) is 0 Å². The predicted molar refractivity (Wildman–Crippen MR) is 245 cm³/mol. The first-order valence-electron chi connectivity index (χ1n) is 22.0. The van der Waals surface area contributed by atoms with Gasteiger partial charge in [-0.1, -0.05) is 13.8 Å². The minimum absolute atomic E-state index is 0.0867. The third-order valence-electron chi connectivity index (χ3n) is 10.7. The summed E-state index contributed by atoms with van der Waals surface area (Å²) in [5.74, 6) is -9.87. The molecular weight excluding hydrogens is 915 g/mol. The van der Waals surface area contributed by atoms with Crippen LogP contribution in [-0.2, 0) is 59.2 Å². The van der Waals surface area contributed by atoms with Gasteiger partial charge in [-0.15, -0.1) is 0 Å².